The van der Waals surface area contributed by atoms with Crippen molar-refractivity contribution in [3.8, 4) is 0 Å². The fourth-order valence-electron chi connectivity index (χ4n) is 1.11. The van der Waals surface area contributed by atoms with E-state index in [1.54, 1.807) is 11.9 Å². The lowest BCUT2D eigenvalue weighted by Gasteiger charge is -2.17. The number of benzene rings is 1. The van der Waals surface area contributed by atoms with Crippen molar-refractivity contribution in [1.29, 1.82) is 0 Å². The van der Waals surface area contributed by atoms with Crippen molar-refractivity contribution in [2.24, 2.45) is 0 Å². The number of hydrogen-bond donors (Lipinski definition) is 1. The Bertz CT molecular complexity index is 352. The summed E-state index contributed by atoms with van der Waals surface area (Å²) in [5, 5.41) is 8.62. The highest BCUT2D eigenvalue weighted by Gasteiger charge is 2.06. The SMILES string of the molecule is Cc1ccc(N(C)CC(=O)O)cc1Br. The Hall–Kier alpha value is -1.03. The van der Waals surface area contributed by atoms with Crippen molar-refractivity contribution >= 4 is 27.6 Å². The Morgan fingerprint density at radius 3 is 2.71 bits per heavy atom. The second-order valence-electron chi connectivity index (χ2n) is 3.18. The molecule has 14 heavy (non-hydrogen) atoms. The van der Waals surface area contributed by atoms with Gasteiger partial charge >= 0.3 is 5.97 Å². The van der Waals surface area contributed by atoms with Crippen molar-refractivity contribution < 1.29 is 9.90 Å². The predicted molar refractivity (Wildman–Crippen MR) is 59.8 cm³/mol. The van der Waals surface area contributed by atoms with Crippen LogP contribution in [0.5, 0.6) is 0 Å². The van der Waals surface area contributed by atoms with Crippen molar-refractivity contribution in [2.45, 2.75) is 6.92 Å². The van der Waals surface area contributed by atoms with Gasteiger partial charge in [-0.25, -0.2) is 0 Å². The van der Waals surface area contributed by atoms with Gasteiger partial charge in [0.25, 0.3) is 0 Å². The molecule has 0 aliphatic heterocycles. The van der Waals surface area contributed by atoms with Crippen LogP contribution in [0.15, 0.2) is 22.7 Å². The maximum atomic E-state index is 10.5. The molecular formula is C10H12BrNO2. The molecule has 1 aromatic rings. The van der Waals surface area contributed by atoms with Crippen LogP contribution < -0.4 is 4.90 Å². The average molecular weight is 258 g/mol. The van der Waals surface area contributed by atoms with Gasteiger partial charge < -0.3 is 10.0 Å². The molecule has 0 heterocycles. The highest BCUT2D eigenvalue weighted by atomic mass is 79.9. The monoisotopic (exact) mass is 257 g/mol. The third kappa shape index (κ3) is 2.73. The van der Waals surface area contributed by atoms with Crippen LogP contribution in [-0.4, -0.2) is 24.7 Å². The topological polar surface area (TPSA) is 40.5 Å². The minimum absolute atomic E-state index is 0.00943. The van der Waals surface area contributed by atoms with Gasteiger partial charge in [0.15, 0.2) is 0 Å². The molecule has 0 spiro atoms. The van der Waals surface area contributed by atoms with E-state index in [0.717, 1.165) is 15.7 Å². The molecule has 0 aliphatic carbocycles. The van der Waals surface area contributed by atoms with Gasteiger partial charge in [-0.15, -0.1) is 0 Å². The zero-order valence-corrected chi connectivity index (χ0v) is 9.71. The number of hydrogen-bond acceptors (Lipinski definition) is 2. The average Bonchev–Trinajstić information content (AvgIpc) is 2.08. The summed E-state index contributed by atoms with van der Waals surface area (Å²) >= 11 is 3.41. The van der Waals surface area contributed by atoms with Gasteiger partial charge in [0, 0.05) is 17.2 Å². The largest absolute Gasteiger partial charge is 0.480 e. The van der Waals surface area contributed by atoms with Crippen molar-refractivity contribution in [3.05, 3.63) is 28.2 Å². The number of carbonyl (C=O) groups is 1. The molecule has 0 saturated heterocycles. The first-order valence-electron chi connectivity index (χ1n) is 4.20. The van der Waals surface area contributed by atoms with Crippen LogP contribution in [0, 0.1) is 6.92 Å². The minimum atomic E-state index is -0.829. The Morgan fingerprint density at radius 1 is 1.57 bits per heavy atom. The predicted octanol–water partition coefficient (Wildman–Crippen LogP) is 2.28. The Labute approximate surface area is 91.5 Å². The fraction of sp³-hybridized carbons (Fsp3) is 0.300. The number of anilines is 1. The number of halogens is 1. The first-order chi connectivity index (χ1) is 6.50. The zero-order chi connectivity index (χ0) is 10.7. The minimum Gasteiger partial charge on any atom is -0.480 e. The lowest BCUT2D eigenvalue weighted by molar-refractivity contribution is -0.135. The molecule has 0 radical (unpaired) electrons. The molecule has 0 unspecified atom stereocenters. The fourth-order valence-corrected chi connectivity index (χ4v) is 1.48. The molecule has 1 N–H and O–H groups in total. The third-order valence-corrected chi connectivity index (χ3v) is 2.82. The summed E-state index contributed by atoms with van der Waals surface area (Å²) in [6.07, 6.45) is 0. The van der Waals surface area contributed by atoms with Gasteiger partial charge in [-0.2, -0.15) is 0 Å². The summed E-state index contributed by atoms with van der Waals surface area (Å²) < 4.78 is 0.993. The number of aliphatic carboxylic acids is 1. The van der Waals surface area contributed by atoms with Gasteiger partial charge in [-0.05, 0) is 24.6 Å². The summed E-state index contributed by atoms with van der Waals surface area (Å²) in [6.45, 7) is 2.00. The van der Waals surface area contributed by atoms with Gasteiger partial charge in [0.2, 0.25) is 0 Å². The first kappa shape index (κ1) is 11.0. The number of rotatable bonds is 3. The maximum Gasteiger partial charge on any atom is 0.323 e. The highest BCUT2D eigenvalue weighted by molar-refractivity contribution is 9.10. The molecule has 1 rings (SSSR count). The Balaban J connectivity index is 2.85. The van der Waals surface area contributed by atoms with E-state index in [1.165, 1.54) is 0 Å². The third-order valence-electron chi connectivity index (χ3n) is 1.97. The molecule has 0 atom stereocenters. The molecule has 0 fully saturated rings. The van der Waals surface area contributed by atoms with Crippen LogP contribution >= 0.6 is 15.9 Å². The van der Waals surface area contributed by atoms with Gasteiger partial charge in [-0.3, -0.25) is 4.79 Å². The molecule has 1 aromatic carbocycles. The van der Waals surface area contributed by atoms with Gasteiger partial charge in [0.05, 0.1) is 0 Å². The van der Waals surface area contributed by atoms with E-state index in [-0.39, 0.29) is 6.54 Å². The summed E-state index contributed by atoms with van der Waals surface area (Å²) in [6, 6.07) is 5.78. The summed E-state index contributed by atoms with van der Waals surface area (Å²) in [4.78, 5) is 12.2. The van der Waals surface area contributed by atoms with E-state index in [2.05, 4.69) is 15.9 Å². The van der Waals surface area contributed by atoms with E-state index in [1.807, 2.05) is 25.1 Å². The van der Waals surface area contributed by atoms with Crippen molar-refractivity contribution in [2.75, 3.05) is 18.5 Å². The van der Waals surface area contributed by atoms with E-state index < -0.39 is 5.97 Å². The summed E-state index contributed by atoms with van der Waals surface area (Å²) in [5.74, 6) is -0.829. The molecule has 0 bridgehead atoms. The molecule has 0 aromatic heterocycles. The van der Waals surface area contributed by atoms with Crippen LogP contribution in [0.3, 0.4) is 0 Å². The molecule has 0 saturated carbocycles. The number of likely N-dealkylation sites (N-methyl/N-ethyl adjacent to an activating group) is 1. The van der Waals surface area contributed by atoms with Crippen LogP contribution in [0.1, 0.15) is 5.56 Å². The summed E-state index contributed by atoms with van der Waals surface area (Å²) in [7, 11) is 1.76. The zero-order valence-electron chi connectivity index (χ0n) is 8.12. The van der Waals surface area contributed by atoms with Gasteiger partial charge in [-0.1, -0.05) is 22.0 Å². The molecule has 4 heteroatoms. The van der Waals surface area contributed by atoms with Crippen molar-refractivity contribution in [1.82, 2.24) is 0 Å². The molecule has 0 aliphatic rings. The van der Waals surface area contributed by atoms with Crippen LogP contribution in [0.4, 0.5) is 5.69 Å². The number of nitrogens with zero attached hydrogens (tertiary/aromatic N) is 1. The lowest BCUT2D eigenvalue weighted by Crippen LogP contribution is -2.24. The second-order valence-corrected chi connectivity index (χ2v) is 4.04. The van der Waals surface area contributed by atoms with E-state index in [4.69, 9.17) is 5.11 Å². The van der Waals surface area contributed by atoms with Crippen LogP contribution in [-0.2, 0) is 4.79 Å². The summed E-state index contributed by atoms with van der Waals surface area (Å²) in [5.41, 5.74) is 2.03. The molecule has 3 nitrogen and oxygen atoms in total. The van der Waals surface area contributed by atoms with E-state index in [9.17, 15) is 4.79 Å². The highest BCUT2D eigenvalue weighted by Crippen LogP contribution is 2.22. The first-order valence-corrected chi connectivity index (χ1v) is 4.99. The van der Waals surface area contributed by atoms with E-state index in [0.29, 0.717) is 0 Å². The van der Waals surface area contributed by atoms with Crippen molar-refractivity contribution in [3.63, 3.8) is 0 Å². The lowest BCUT2D eigenvalue weighted by atomic mass is 10.2. The normalized spacial score (nSPS) is 9.93. The molecular weight excluding hydrogens is 246 g/mol. The van der Waals surface area contributed by atoms with Crippen LogP contribution in [0.25, 0.3) is 0 Å². The second kappa shape index (κ2) is 4.46. The quantitative estimate of drug-likeness (QED) is 0.904. The Morgan fingerprint density at radius 2 is 2.21 bits per heavy atom. The van der Waals surface area contributed by atoms with Crippen LogP contribution in [0.2, 0.25) is 0 Å². The Kier molecular flexibility index (Phi) is 3.52. The number of carboxylic acid groups (broad SMARTS) is 1. The standard InChI is InChI=1S/C10H12BrNO2/c1-7-3-4-8(5-9(7)11)12(2)6-10(13)14/h3-5H,6H2,1-2H3,(H,13,14). The maximum absolute atomic E-state index is 10.5. The molecule has 0 amide bonds. The van der Waals surface area contributed by atoms with E-state index >= 15 is 0 Å². The number of carboxylic acids is 1. The smallest absolute Gasteiger partial charge is 0.323 e. The van der Waals surface area contributed by atoms with Gasteiger partial charge in [0.1, 0.15) is 6.54 Å². The number of aryl methyl sites for hydroxylation is 1. The molecule has 76 valence electrons.